The summed E-state index contributed by atoms with van der Waals surface area (Å²) in [5.74, 6) is -3.06. The highest BCUT2D eigenvalue weighted by molar-refractivity contribution is 6.43. The van der Waals surface area contributed by atoms with Gasteiger partial charge in [-0.2, -0.15) is 0 Å². The Morgan fingerprint density at radius 1 is 0.408 bits per heavy atom. The molecule has 1 fully saturated rings. The van der Waals surface area contributed by atoms with Crippen molar-refractivity contribution in [2.45, 2.75) is 124 Å². The lowest BCUT2D eigenvalue weighted by atomic mass is 9.71. The van der Waals surface area contributed by atoms with Crippen molar-refractivity contribution in [3.05, 3.63) is 237 Å². The summed E-state index contributed by atoms with van der Waals surface area (Å²) < 4.78 is 14.7. The summed E-state index contributed by atoms with van der Waals surface area (Å²) in [7, 11) is 1.64. The second-order valence-electron chi connectivity index (χ2n) is 30.3. The molecule has 19 nitrogen and oxygen atoms in total. The number of carbonyl (C=O) groups excluding carboxylic acids is 6. The standard InChI is InChI=1S/C84H75N7O12/c1-11-12-13-14-15-16-34-87-72(92)58-43-60-61(44-59(58)73(87)93)81(101)91(80(60)100)66-42-46(83(5,6)7)40-63-71(66)103-70-62(84(63,8)9)39-45(82(2,3)4)41-65(70)90-78(98)56-30-28-54-68-55(29-31-57(69(56)68)79(90)99)77(97)89(76(54)96)49-22-20-48(21-23-49)88-74(94)52-19-17-18-51-64(33-32-53(67(51)52)75(88)95)86-37-35-85(36-38-86)47-24-26-50(102-10)27-25-47/h17-33,39-44H,11-16,34-38H2,1-10H3. The summed E-state index contributed by atoms with van der Waals surface area (Å²) in [6.07, 6.45) is 5.72. The minimum Gasteiger partial charge on any atom is -0.497 e. The smallest absolute Gasteiger partial charge is 0.266 e. The summed E-state index contributed by atoms with van der Waals surface area (Å²) in [4.78, 5) is 156. The fraction of sp³-hybridized carbons (Fsp3) is 0.286. The number of methoxy groups -OCH3 is 1. The second-order valence-corrected chi connectivity index (χ2v) is 30.3. The molecule has 19 heteroatoms. The topological polar surface area (TPSA) is 215 Å². The van der Waals surface area contributed by atoms with Gasteiger partial charge in [-0.15, -0.1) is 0 Å². The first-order valence-electron chi connectivity index (χ1n) is 35.3. The van der Waals surface area contributed by atoms with Gasteiger partial charge in [-0.05, 0) is 144 Å². The highest BCUT2D eigenvalue weighted by atomic mass is 16.5. The van der Waals surface area contributed by atoms with E-state index in [1.165, 1.54) is 65.2 Å². The van der Waals surface area contributed by atoms with Gasteiger partial charge in [0.15, 0.2) is 11.5 Å². The van der Waals surface area contributed by atoms with Crippen LogP contribution < -0.4 is 56.2 Å². The van der Waals surface area contributed by atoms with Crippen molar-refractivity contribution in [1.29, 1.82) is 0 Å². The van der Waals surface area contributed by atoms with Gasteiger partial charge in [-0.3, -0.25) is 52.5 Å². The molecule has 5 aliphatic rings. The molecule has 9 aromatic carbocycles. The number of anilines is 5. The van der Waals surface area contributed by atoms with Gasteiger partial charge in [0.2, 0.25) is 0 Å². The van der Waals surface area contributed by atoms with Crippen molar-refractivity contribution in [2.24, 2.45) is 0 Å². The third-order valence-corrected chi connectivity index (χ3v) is 21.8. The lowest BCUT2D eigenvalue weighted by molar-refractivity contribution is 0.0872. The highest BCUT2D eigenvalue weighted by Gasteiger charge is 2.47. The molecule has 2 aromatic heterocycles. The van der Waals surface area contributed by atoms with E-state index >= 15 is 19.2 Å². The first kappa shape index (κ1) is 66.0. The van der Waals surface area contributed by atoms with E-state index in [0.29, 0.717) is 47.2 Å². The molecule has 0 aliphatic carbocycles. The summed E-state index contributed by atoms with van der Waals surface area (Å²) in [5.41, 5.74) is 1.46. The second kappa shape index (κ2) is 23.8. The monoisotopic (exact) mass is 1370 g/mol. The van der Waals surface area contributed by atoms with Crippen LogP contribution in [0.3, 0.4) is 0 Å². The van der Waals surface area contributed by atoms with Crippen molar-refractivity contribution >= 4 is 107 Å². The lowest BCUT2D eigenvalue weighted by Gasteiger charge is -2.40. The van der Waals surface area contributed by atoms with E-state index in [4.69, 9.17) is 9.47 Å². The van der Waals surface area contributed by atoms with E-state index in [1.54, 1.807) is 31.4 Å². The number of unbranched alkanes of at least 4 members (excludes halogenated alkanes) is 5. The van der Waals surface area contributed by atoms with Crippen LogP contribution in [0.1, 0.15) is 185 Å². The number of amides is 6. The molecule has 7 heterocycles. The summed E-state index contributed by atoms with van der Waals surface area (Å²) in [6, 6.07) is 39.2. The molecule has 16 rings (SSSR count). The van der Waals surface area contributed by atoms with Crippen LogP contribution in [0.15, 0.2) is 159 Å². The van der Waals surface area contributed by atoms with Crippen LogP contribution in [0.4, 0.5) is 28.4 Å². The number of carbonyl (C=O) groups is 6. The Bertz CT molecular complexity index is 5660. The fourth-order valence-corrected chi connectivity index (χ4v) is 16.0. The number of benzene rings is 9. The Balaban J connectivity index is 0.712. The molecule has 6 amide bonds. The Kier molecular flexibility index (Phi) is 15.2. The van der Waals surface area contributed by atoms with Crippen LogP contribution in [0.5, 0.6) is 17.2 Å². The molecule has 5 aliphatic heterocycles. The molecule has 0 N–H and O–H groups in total. The Hall–Kier alpha value is -11.6. The molecule has 518 valence electrons. The number of rotatable bonds is 14. The first-order valence-corrected chi connectivity index (χ1v) is 35.3. The molecule has 0 unspecified atom stereocenters. The predicted octanol–water partition coefficient (Wildman–Crippen LogP) is 14.3. The van der Waals surface area contributed by atoms with Crippen LogP contribution in [-0.4, -0.2) is 77.9 Å². The molecule has 0 radical (unpaired) electrons. The van der Waals surface area contributed by atoms with E-state index < -0.39 is 73.9 Å². The number of hydrogen-bond acceptors (Lipinski definition) is 14. The van der Waals surface area contributed by atoms with Gasteiger partial charge < -0.3 is 19.3 Å². The highest BCUT2D eigenvalue weighted by Crippen LogP contribution is 2.56. The van der Waals surface area contributed by atoms with Gasteiger partial charge >= 0.3 is 0 Å². The maximum atomic E-state index is 15.7. The third kappa shape index (κ3) is 10.0. The van der Waals surface area contributed by atoms with E-state index in [1.807, 2.05) is 110 Å². The van der Waals surface area contributed by atoms with E-state index in [9.17, 15) is 28.8 Å². The van der Waals surface area contributed by atoms with Crippen molar-refractivity contribution in [3.63, 3.8) is 0 Å². The molecule has 103 heavy (non-hydrogen) atoms. The minimum absolute atomic E-state index is 0.0304. The van der Waals surface area contributed by atoms with Crippen LogP contribution in [0.25, 0.3) is 48.8 Å². The van der Waals surface area contributed by atoms with E-state index in [0.717, 1.165) is 98.1 Å². The van der Waals surface area contributed by atoms with Crippen LogP contribution in [0, 0.1) is 0 Å². The zero-order chi connectivity index (χ0) is 72.4. The number of hydrogen-bond donors (Lipinski definition) is 0. The first-order chi connectivity index (χ1) is 49.2. The SMILES string of the molecule is CCCCCCCCn1c(=O)c2cc3c(=O)n(-c4cc(C(C)(C)C)cc5c4Oc4c(N6C(=O)c7ccc8c9c(ccc(c79)C6=O)C(=O)N(c6ccc(N7C(=O)c9cccc%10c(N%11CCN(c%12ccc(OC)cc%12)CC%11)ccc(c9%10)C7=O)cc6)C8=O)cc(C(C)(C)C)cc4C5(C)C)c(=O)c3cc2c1=O. The van der Waals surface area contributed by atoms with Crippen LogP contribution in [-0.2, 0) is 22.8 Å². The van der Waals surface area contributed by atoms with Gasteiger partial charge in [-0.25, -0.2) is 19.3 Å². The molecule has 0 spiro atoms. The molecule has 11 aromatic rings. The molecule has 0 atom stereocenters. The number of imide groups is 3. The number of ether oxygens (including phenoxy) is 2. The fourth-order valence-electron chi connectivity index (χ4n) is 16.0. The van der Waals surface area contributed by atoms with E-state index in [2.05, 4.69) is 16.7 Å². The van der Waals surface area contributed by atoms with Crippen LogP contribution >= 0.6 is 0 Å². The van der Waals surface area contributed by atoms with Crippen molar-refractivity contribution in [3.8, 4) is 22.9 Å². The van der Waals surface area contributed by atoms with Crippen LogP contribution in [0.2, 0.25) is 0 Å². The third-order valence-electron chi connectivity index (χ3n) is 21.8. The average Bonchev–Trinajstić information content (AvgIpc) is 1.23. The lowest BCUT2D eigenvalue weighted by Crippen LogP contribution is -2.46. The summed E-state index contributed by atoms with van der Waals surface area (Å²) in [6.45, 7) is 21.3. The number of piperazine rings is 1. The molecule has 1 saturated heterocycles. The molecular weight excluding hydrogens is 1300 g/mol. The van der Waals surface area contributed by atoms with Gasteiger partial charge in [0.1, 0.15) is 5.75 Å². The Labute approximate surface area is 592 Å². The molecule has 0 bridgehead atoms. The molecule has 0 saturated carbocycles. The van der Waals surface area contributed by atoms with Gasteiger partial charge in [-0.1, -0.05) is 119 Å². The summed E-state index contributed by atoms with van der Waals surface area (Å²) >= 11 is 0. The predicted molar refractivity (Wildman–Crippen MR) is 401 cm³/mol. The largest absolute Gasteiger partial charge is 0.497 e. The Morgan fingerprint density at radius 3 is 1.32 bits per heavy atom. The maximum absolute atomic E-state index is 15.7. The van der Waals surface area contributed by atoms with Crippen molar-refractivity contribution in [1.82, 2.24) is 9.13 Å². The minimum atomic E-state index is -1.02. The quantitative estimate of drug-likeness (QED) is 0.0731. The van der Waals surface area contributed by atoms with E-state index in [-0.39, 0.29) is 95.4 Å². The number of nitrogens with zero attached hydrogens (tertiary/aromatic N) is 7. The van der Waals surface area contributed by atoms with Crippen molar-refractivity contribution in [2.75, 3.05) is 57.8 Å². The van der Waals surface area contributed by atoms with Gasteiger partial charge in [0, 0.05) is 116 Å². The van der Waals surface area contributed by atoms with Crippen molar-refractivity contribution < 1.29 is 38.2 Å². The average molecular weight is 1370 g/mol. The maximum Gasteiger partial charge on any atom is 0.266 e. The van der Waals surface area contributed by atoms with Gasteiger partial charge in [0.05, 0.1) is 51.4 Å². The normalized spacial score (nSPS) is 15.7. The summed E-state index contributed by atoms with van der Waals surface area (Å²) in [5, 5.41) is 1.62. The Morgan fingerprint density at radius 2 is 0.825 bits per heavy atom. The number of aromatic nitrogens is 2. The number of fused-ring (bicyclic) bond motifs is 4. The van der Waals surface area contributed by atoms with Gasteiger partial charge in [0.25, 0.3) is 57.7 Å². The molecular formula is C84H75N7O12. The zero-order valence-electron chi connectivity index (χ0n) is 59.1. The zero-order valence-corrected chi connectivity index (χ0v) is 59.1.